The maximum Gasteiger partial charge on any atom is 0.188 e. The minimum atomic E-state index is -0.384. The summed E-state index contributed by atoms with van der Waals surface area (Å²) in [6.07, 6.45) is 0.609. The number of ketones is 3. The highest BCUT2D eigenvalue weighted by Crippen LogP contribution is 2.50. The van der Waals surface area contributed by atoms with Crippen molar-refractivity contribution in [2.75, 3.05) is 6.61 Å². The van der Waals surface area contributed by atoms with Crippen molar-refractivity contribution in [1.82, 2.24) is 0 Å². The van der Waals surface area contributed by atoms with Crippen LogP contribution in [0.15, 0.2) is 35.4 Å². The number of allylic oxidation sites excluding steroid dienone is 1. The number of phenols is 1. The van der Waals surface area contributed by atoms with E-state index in [1.54, 1.807) is 19.1 Å². The van der Waals surface area contributed by atoms with Crippen molar-refractivity contribution in [2.45, 2.75) is 46.6 Å². The number of aromatic hydroxyl groups is 1. The number of carbonyl (C=O) groups is 3. The standard InChI is InChI=1S/C23H28O5/c1-12(2)17-9-19(26)13(3)22-21(10-18(14(4)24)23(17)22)28-11-20(27)15-5-7-16(25)8-6-15/h5-8,12,17-18,21,23,25H,9-11H2,1-4H3. The molecule has 2 aliphatic carbocycles. The van der Waals surface area contributed by atoms with Gasteiger partial charge in [-0.2, -0.15) is 0 Å². The van der Waals surface area contributed by atoms with Crippen molar-refractivity contribution in [3.63, 3.8) is 0 Å². The minimum absolute atomic E-state index is 0.0176. The van der Waals surface area contributed by atoms with Gasteiger partial charge in [0.25, 0.3) is 0 Å². The smallest absolute Gasteiger partial charge is 0.188 e. The van der Waals surface area contributed by atoms with Crippen LogP contribution in [-0.2, 0) is 14.3 Å². The highest BCUT2D eigenvalue weighted by molar-refractivity contribution is 5.98. The van der Waals surface area contributed by atoms with Crippen molar-refractivity contribution in [2.24, 2.45) is 23.7 Å². The lowest BCUT2D eigenvalue weighted by atomic mass is 9.68. The lowest BCUT2D eigenvalue weighted by Gasteiger charge is -2.36. The molecule has 0 amide bonds. The number of carbonyl (C=O) groups excluding carboxylic acids is 3. The molecule has 28 heavy (non-hydrogen) atoms. The highest BCUT2D eigenvalue weighted by Gasteiger charge is 2.50. The molecule has 1 aromatic rings. The number of ether oxygens (including phenoxy) is 1. The summed E-state index contributed by atoms with van der Waals surface area (Å²) >= 11 is 0. The van der Waals surface area contributed by atoms with Crippen molar-refractivity contribution < 1.29 is 24.2 Å². The molecule has 4 atom stereocenters. The molecule has 0 heterocycles. The first-order valence-corrected chi connectivity index (χ1v) is 9.88. The molecule has 0 saturated heterocycles. The molecule has 4 unspecified atom stereocenters. The van der Waals surface area contributed by atoms with E-state index in [4.69, 9.17) is 4.74 Å². The van der Waals surface area contributed by atoms with Gasteiger partial charge >= 0.3 is 0 Å². The highest BCUT2D eigenvalue weighted by atomic mass is 16.5. The lowest BCUT2D eigenvalue weighted by Crippen LogP contribution is -2.35. The van der Waals surface area contributed by atoms with Crippen molar-refractivity contribution in [3.8, 4) is 5.75 Å². The van der Waals surface area contributed by atoms with Gasteiger partial charge in [0.1, 0.15) is 18.1 Å². The van der Waals surface area contributed by atoms with E-state index in [1.165, 1.54) is 12.1 Å². The maximum atomic E-state index is 12.6. The Balaban J connectivity index is 1.84. The zero-order valence-corrected chi connectivity index (χ0v) is 16.9. The quantitative estimate of drug-likeness (QED) is 0.756. The van der Waals surface area contributed by atoms with Gasteiger partial charge in [0, 0.05) is 17.9 Å². The Morgan fingerprint density at radius 3 is 2.43 bits per heavy atom. The summed E-state index contributed by atoms with van der Waals surface area (Å²) in [5.41, 5.74) is 2.09. The van der Waals surface area contributed by atoms with Crippen LogP contribution in [0.1, 0.15) is 50.9 Å². The number of hydrogen-bond donors (Lipinski definition) is 1. The average molecular weight is 384 g/mol. The summed E-state index contributed by atoms with van der Waals surface area (Å²) in [5, 5.41) is 9.36. The van der Waals surface area contributed by atoms with E-state index in [9.17, 15) is 19.5 Å². The summed E-state index contributed by atoms with van der Waals surface area (Å²) in [7, 11) is 0. The number of hydrogen-bond acceptors (Lipinski definition) is 5. The Kier molecular flexibility index (Phi) is 5.84. The Morgan fingerprint density at radius 2 is 1.86 bits per heavy atom. The molecule has 150 valence electrons. The molecule has 1 aromatic carbocycles. The molecule has 3 rings (SSSR count). The molecule has 0 bridgehead atoms. The third-order valence-corrected chi connectivity index (χ3v) is 6.32. The van der Waals surface area contributed by atoms with Crippen LogP contribution in [0.5, 0.6) is 5.75 Å². The summed E-state index contributed by atoms with van der Waals surface area (Å²) in [4.78, 5) is 37.4. The fourth-order valence-corrected chi connectivity index (χ4v) is 4.75. The van der Waals surface area contributed by atoms with Crippen LogP contribution < -0.4 is 0 Å². The molecule has 1 N–H and O–H groups in total. The molecule has 1 saturated carbocycles. The number of Topliss-reactive ketones (excluding diaryl/α,β-unsaturated/α-hetero) is 3. The van der Waals surface area contributed by atoms with E-state index in [0.29, 0.717) is 24.0 Å². The number of phenolic OH excluding ortho intramolecular Hbond substituents is 1. The Morgan fingerprint density at radius 1 is 1.21 bits per heavy atom. The molecule has 1 fully saturated rings. The van der Waals surface area contributed by atoms with Gasteiger partial charge in [0.05, 0.1) is 6.10 Å². The van der Waals surface area contributed by atoms with Crippen molar-refractivity contribution >= 4 is 17.3 Å². The zero-order valence-electron chi connectivity index (χ0n) is 16.9. The van der Waals surface area contributed by atoms with Crippen molar-refractivity contribution in [1.29, 1.82) is 0 Å². The first-order chi connectivity index (χ1) is 13.2. The summed E-state index contributed by atoms with van der Waals surface area (Å²) in [6.45, 7) is 7.49. The van der Waals surface area contributed by atoms with Gasteiger partial charge in [0.2, 0.25) is 0 Å². The Labute approximate surface area is 165 Å². The summed E-state index contributed by atoms with van der Waals surface area (Å²) in [6, 6.07) is 6.04. The topological polar surface area (TPSA) is 80.7 Å². The molecule has 0 aliphatic heterocycles. The number of fused-ring (bicyclic) bond motifs is 1. The predicted octanol–water partition coefficient (Wildman–Crippen LogP) is 3.75. The molecule has 0 spiro atoms. The van der Waals surface area contributed by atoms with Gasteiger partial charge in [-0.15, -0.1) is 0 Å². The van der Waals surface area contributed by atoms with Crippen molar-refractivity contribution in [3.05, 3.63) is 41.0 Å². The third kappa shape index (κ3) is 3.81. The van der Waals surface area contributed by atoms with Gasteiger partial charge in [0.15, 0.2) is 11.6 Å². The minimum Gasteiger partial charge on any atom is -0.508 e. The van der Waals surface area contributed by atoms with E-state index in [2.05, 4.69) is 13.8 Å². The number of benzene rings is 1. The van der Waals surface area contributed by atoms with Gasteiger partial charge in [-0.25, -0.2) is 0 Å². The second-order valence-corrected chi connectivity index (χ2v) is 8.36. The fourth-order valence-electron chi connectivity index (χ4n) is 4.75. The Bertz CT molecular complexity index is 818. The van der Waals surface area contributed by atoms with E-state index in [-0.39, 0.29) is 59.5 Å². The fraction of sp³-hybridized carbons (Fsp3) is 0.522. The van der Waals surface area contributed by atoms with Crippen LogP contribution in [0.3, 0.4) is 0 Å². The van der Waals surface area contributed by atoms with Gasteiger partial charge in [-0.1, -0.05) is 13.8 Å². The van der Waals surface area contributed by atoms with Gasteiger partial charge in [-0.3, -0.25) is 14.4 Å². The van der Waals surface area contributed by atoms with Crippen LogP contribution in [-0.4, -0.2) is 35.2 Å². The molecule has 5 nitrogen and oxygen atoms in total. The monoisotopic (exact) mass is 384 g/mol. The van der Waals surface area contributed by atoms with E-state index in [1.807, 2.05) is 6.92 Å². The normalized spacial score (nSPS) is 27.2. The maximum absolute atomic E-state index is 12.6. The molecule has 5 heteroatoms. The van der Waals surface area contributed by atoms with E-state index in [0.717, 1.165) is 5.57 Å². The second-order valence-electron chi connectivity index (χ2n) is 8.36. The van der Waals surface area contributed by atoms with E-state index < -0.39 is 0 Å². The summed E-state index contributed by atoms with van der Waals surface area (Å²) < 4.78 is 5.97. The third-order valence-electron chi connectivity index (χ3n) is 6.32. The molecule has 0 radical (unpaired) electrons. The first kappa shape index (κ1) is 20.5. The molecule has 0 aromatic heterocycles. The van der Waals surface area contributed by atoms with Crippen LogP contribution >= 0.6 is 0 Å². The van der Waals surface area contributed by atoms with Crippen LogP contribution in [0.2, 0.25) is 0 Å². The number of rotatable bonds is 6. The van der Waals surface area contributed by atoms with Crippen LogP contribution in [0, 0.1) is 23.7 Å². The second kappa shape index (κ2) is 8.00. The van der Waals surface area contributed by atoms with Crippen LogP contribution in [0.4, 0.5) is 0 Å². The molecular weight excluding hydrogens is 356 g/mol. The first-order valence-electron chi connectivity index (χ1n) is 9.88. The zero-order chi connectivity index (χ0) is 20.6. The summed E-state index contributed by atoms with van der Waals surface area (Å²) in [5.74, 6) is 0.408. The lowest BCUT2D eigenvalue weighted by molar-refractivity contribution is -0.124. The van der Waals surface area contributed by atoms with Crippen LogP contribution in [0.25, 0.3) is 0 Å². The Hall–Kier alpha value is -2.27. The predicted molar refractivity (Wildman–Crippen MR) is 105 cm³/mol. The van der Waals surface area contributed by atoms with Gasteiger partial charge < -0.3 is 9.84 Å². The molecular formula is C23H28O5. The van der Waals surface area contributed by atoms with E-state index >= 15 is 0 Å². The van der Waals surface area contributed by atoms with Gasteiger partial charge in [-0.05, 0) is 73.4 Å². The molecule has 2 aliphatic rings. The average Bonchev–Trinajstić information content (AvgIpc) is 3.03. The SMILES string of the molecule is CC(=O)C1CC(OCC(=O)c2ccc(O)cc2)C2=C(C)C(=O)CC(C(C)C)C21. The largest absolute Gasteiger partial charge is 0.508 e.